The van der Waals surface area contributed by atoms with Crippen LogP contribution in [-0.2, 0) is 11.3 Å². The molecule has 0 unspecified atom stereocenters. The molecule has 2 nitrogen and oxygen atoms in total. The Kier molecular flexibility index (Phi) is 7.97. The van der Waals surface area contributed by atoms with Crippen LogP contribution in [0.15, 0.2) is 65.2 Å². The fraction of sp³-hybridized carbons (Fsp3) is 0.417. The van der Waals surface area contributed by atoms with Gasteiger partial charge in [-0.25, -0.2) is 0 Å². The van der Waals surface area contributed by atoms with Crippen LogP contribution in [0.2, 0.25) is 0 Å². The number of aryl methyl sites for hydroxylation is 1. The molecule has 2 aromatic rings. The van der Waals surface area contributed by atoms with Crippen LogP contribution in [0.1, 0.15) is 43.2 Å². The van der Waals surface area contributed by atoms with E-state index in [1.54, 1.807) is 0 Å². The minimum Gasteiger partial charge on any atom is -0.490 e. The molecule has 0 atom stereocenters. The molecule has 27 heavy (non-hydrogen) atoms. The minimum absolute atomic E-state index is 0.351. The zero-order valence-electron chi connectivity index (χ0n) is 16.1. The van der Waals surface area contributed by atoms with Gasteiger partial charge in [-0.2, -0.15) is 0 Å². The molecule has 0 bridgehead atoms. The highest BCUT2D eigenvalue weighted by molar-refractivity contribution is 9.10. The van der Waals surface area contributed by atoms with Crippen LogP contribution < -0.4 is 4.74 Å². The topological polar surface area (TPSA) is 18.5 Å². The van der Waals surface area contributed by atoms with Crippen molar-refractivity contribution in [3.8, 4) is 5.75 Å². The third-order valence-corrected chi connectivity index (χ3v) is 5.99. The van der Waals surface area contributed by atoms with Gasteiger partial charge in [-0.15, -0.1) is 0 Å². The lowest BCUT2D eigenvalue weighted by molar-refractivity contribution is 0.125. The maximum absolute atomic E-state index is 6.17. The molecule has 2 aromatic carbocycles. The summed E-state index contributed by atoms with van der Waals surface area (Å²) in [6, 6.07) is 16.6. The SMILES string of the molecule is Cc1cc(OC2CCC(/C=C/CCOCc3ccccc3)CC2)ccc1Br. The van der Waals surface area contributed by atoms with Crippen LogP contribution in [0.25, 0.3) is 0 Å². The predicted molar refractivity (Wildman–Crippen MR) is 115 cm³/mol. The Morgan fingerprint density at radius 2 is 1.81 bits per heavy atom. The van der Waals surface area contributed by atoms with Crippen molar-refractivity contribution in [1.82, 2.24) is 0 Å². The van der Waals surface area contributed by atoms with Gasteiger partial charge in [0.2, 0.25) is 0 Å². The van der Waals surface area contributed by atoms with E-state index in [1.165, 1.54) is 24.0 Å². The number of allylic oxidation sites excluding steroid dienone is 1. The highest BCUT2D eigenvalue weighted by Gasteiger charge is 2.20. The normalized spacial score (nSPS) is 20.1. The predicted octanol–water partition coefficient (Wildman–Crippen LogP) is 6.86. The summed E-state index contributed by atoms with van der Waals surface area (Å²) >= 11 is 3.54. The van der Waals surface area contributed by atoms with Crippen LogP contribution in [0.4, 0.5) is 0 Å². The molecule has 144 valence electrons. The van der Waals surface area contributed by atoms with Gasteiger partial charge >= 0.3 is 0 Å². The fourth-order valence-electron chi connectivity index (χ4n) is 3.49. The van der Waals surface area contributed by atoms with Crippen molar-refractivity contribution >= 4 is 15.9 Å². The van der Waals surface area contributed by atoms with E-state index >= 15 is 0 Å². The molecule has 0 saturated heterocycles. The lowest BCUT2D eigenvalue weighted by Gasteiger charge is -2.27. The Hall–Kier alpha value is -1.58. The van der Waals surface area contributed by atoms with Crippen LogP contribution in [0, 0.1) is 12.8 Å². The Balaban J connectivity index is 1.30. The van der Waals surface area contributed by atoms with Crippen LogP contribution in [0.3, 0.4) is 0 Å². The van der Waals surface area contributed by atoms with E-state index in [0.29, 0.717) is 18.6 Å². The summed E-state index contributed by atoms with van der Waals surface area (Å²) in [5.41, 5.74) is 2.46. The highest BCUT2D eigenvalue weighted by Crippen LogP contribution is 2.30. The first kappa shape index (κ1) is 20.2. The van der Waals surface area contributed by atoms with Gasteiger partial charge in [-0.05, 0) is 74.3 Å². The molecule has 0 radical (unpaired) electrons. The van der Waals surface area contributed by atoms with Gasteiger partial charge < -0.3 is 9.47 Å². The first-order valence-electron chi connectivity index (χ1n) is 9.92. The van der Waals surface area contributed by atoms with E-state index in [9.17, 15) is 0 Å². The van der Waals surface area contributed by atoms with E-state index in [-0.39, 0.29) is 0 Å². The third kappa shape index (κ3) is 6.82. The average Bonchev–Trinajstić information content (AvgIpc) is 2.69. The number of benzene rings is 2. The summed E-state index contributed by atoms with van der Waals surface area (Å²) in [6.45, 7) is 3.58. The molecule has 1 saturated carbocycles. The van der Waals surface area contributed by atoms with E-state index in [4.69, 9.17) is 9.47 Å². The molecule has 1 aliphatic rings. The van der Waals surface area contributed by atoms with Gasteiger partial charge in [-0.3, -0.25) is 0 Å². The molecule has 0 spiro atoms. The first-order chi connectivity index (χ1) is 13.2. The Morgan fingerprint density at radius 1 is 1.04 bits per heavy atom. The molecule has 0 aromatic heterocycles. The van der Waals surface area contributed by atoms with Crippen molar-refractivity contribution in [3.63, 3.8) is 0 Å². The monoisotopic (exact) mass is 428 g/mol. The quantitative estimate of drug-likeness (QED) is 0.337. The van der Waals surface area contributed by atoms with Crippen molar-refractivity contribution in [2.24, 2.45) is 5.92 Å². The highest BCUT2D eigenvalue weighted by atomic mass is 79.9. The Bertz CT molecular complexity index is 718. The van der Waals surface area contributed by atoms with Crippen LogP contribution in [0.5, 0.6) is 5.75 Å². The maximum Gasteiger partial charge on any atom is 0.120 e. The lowest BCUT2D eigenvalue weighted by atomic mass is 9.87. The Labute approximate surface area is 171 Å². The maximum atomic E-state index is 6.17. The van der Waals surface area contributed by atoms with E-state index in [2.05, 4.69) is 77.5 Å². The van der Waals surface area contributed by atoms with Crippen molar-refractivity contribution in [2.45, 2.75) is 51.7 Å². The summed E-state index contributed by atoms with van der Waals surface area (Å²) in [7, 11) is 0. The van der Waals surface area contributed by atoms with Crippen molar-refractivity contribution in [3.05, 3.63) is 76.3 Å². The van der Waals surface area contributed by atoms with Crippen LogP contribution in [-0.4, -0.2) is 12.7 Å². The summed E-state index contributed by atoms with van der Waals surface area (Å²) in [6.07, 6.45) is 10.7. The number of hydrogen-bond donors (Lipinski definition) is 0. The first-order valence-corrected chi connectivity index (χ1v) is 10.7. The van der Waals surface area contributed by atoms with Gasteiger partial charge in [0.15, 0.2) is 0 Å². The number of rotatable bonds is 8. The molecule has 0 heterocycles. The number of hydrogen-bond acceptors (Lipinski definition) is 2. The number of halogens is 1. The molecule has 3 rings (SSSR count). The smallest absolute Gasteiger partial charge is 0.120 e. The fourth-order valence-corrected chi connectivity index (χ4v) is 3.73. The molecule has 1 aliphatic carbocycles. The molecular weight excluding hydrogens is 400 g/mol. The van der Waals surface area contributed by atoms with E-state index < -0.39 is 0 Å². The molecule has 0 N–H and O–H groups in total. The molecule has 0 aliphatic heterocycles. The van der Waals surface area contributed by atoms with Gasteiger partial charge in [0, 0.05) is 4.47 Å². The second kappa shape index (κ2) is 10.7. The molecule has 1 fully saturated rings. The minimum atomic E-state index is 0.351. The van der Waals surface area contributed by atoms with Crippen molar-refractivity contribution in [2.75, 3.05) is 6.61 Å². The van der Waals surface area contributed by atoms with Gasteiger partial charge in [0.05, 0.1) is 19.3 Å². The molecule has 3 heteroatoms. The summed E-state index contributed by atoms with van der Waals surface area (Å²) in [5, 5.41) is 0. The van der Waals surface area contributed by atoms with E-state index in [1.807, 2.05) is 6.07 Å². The van der Waals surface area contributed by atoms with Gasteiger partial charge in [0.1, 0.15) is 5.75 Å². The summed E-state index contributed by atoms with van der Waals surface area (Å²) in [4.78, 5) is 0. The zero-order valence-corrected chi connectivity index (χ0v) is 17.7. The second-order valence-corrected chi connectivity index (χ2v) is 8.17. The van der Waals surface area contributed by atoms with E-state index in [0.717, 1.165) is 36.1 Å². The van der Waals surface area contributed by atoms with Crippen molar-refractivity contribution in [1.29, 1.82) is 0 Å². The van der Waals surface area contributed by atoms with Crippen molar-refractivity contribution < 1.29 is 9.47 Å². The largest absolute Gasteiger partial charge is 0.490 e. The number of ether oxygens (including phenoxy) is 2. The van der Waals surface area contributed by atoms with Crippen LogP contribution >= 0.6 is 15.9 Å². The van der Waals surface area contributed by atoms with Gasteiger partial charge in [0.25, 0.3) is 0 Å². The summed E-state index contributed by atoms with van der Waals surface area (Å²) in [5.74, 6) is 1.68. The standard InChI is InChI=1S/C24H29BrO2/c1-19-17-23(14-15-24(19)25)27-22-12-10-20(11-13-22)7-5-6-16-26-18-21-8-3-2-4-9-21/h2-5,7-9,14-15,17,20,22H,6,10-13,16,18H2,1H3/b7-5+. The average molecular weight is 429 g/mol. The lowest BCUT2D eigenvalue weighted by Crippen LogP contribution is -2.23. The molecular formula is C24H29BrO2. The molecule has 0 amide bonds. The second-order valence-electron chi connectivity index (χ2n) is 7.32. The van der Waals surface area contributed by atoms with Gasteiger partial charge in [-0.1, -0.05) is 58.4 Å². The Morgan fingerprint density at radius 3 is 2.56 bits per heavy atom. The zero-order chi connectivity index (χ0) is 18.9. The summed E-state index contributed by atoms with van der Waals surface area (Å²) < 4.78 is 13.0. The third-order valence-electron chi connectivity index (χ3n) is 5.10.